The molecule has 0 amide bonds. The summed E-state index contributed by atoms with van der Waals surface area (Å²) in [5, 5.41) is 49.4. The minimum absolute atomic E-state index is 0.279. The Hall–Kier alpha value is -1.27. The lowest BCUT2D eigenvalue weighted by molar-refractivity contribution is -0.342. The number of hydrogen-bond donors (Lipinski definition) is 5. The summed E-state index contributed by atoms with van der Waals surface area (Å²) in [7, 11) is 1.25. The number of aliphatic hydroxyl groups is 5. The van der Waals surface area contributed by atoms with E-state index in [1.54, 1.807) is 6.92 Å². The second-order valence-corrected chi connectivity index (χ2v) is 7.25. The molecule has 1 saturated heterocycles. The first kappa shape index (κ1) is 20.5. The summed E-state index contributed by atoms with van der Waals surface area (Å²) in [6.45, 7) is 1.21. The Morgan fingerprint density at radius 3 is 2.52 bits per heavy atom. The van der Waals surface area contributed by atoms with Gasteiger partial charge in [-0.15, -0.1) is 0 Å². The highest BCUT2D eigenvalue weighted by molar-refractivity contribution is 5.89. The molecule has 2 fully saturated rings. The van der Waals surface area contributed by atoms with Gasteiger partial charge in [0.25, 0.3) is 0 Å². The lowest BCUT2D eigenvalue weighted by Crippen LogP contribution is -2.60. The fourth-order valence-corrected chi connectivity index (χ4v) is 4.10. The minimum Gasteiger partial charge on any atom is -0.472 e. The predicted octanol–water partition coefficient (Wildman–Crippen LogP) is -2.15. The zero-order valence-electron chi connectivity index (χ0n) is 15.0. The van der Waals surface area contributed by atoms with Crippen LogP contribution in [-0.2, 0) is 23.7 Å². The lowest BCUT2D eigenvalue weighted by Gasteiger charge is -2.43. The topological polar surface area (TPSA) is 155 Å². The number of esters is 1. The molecule has 27 heavy (non-hydrogen) atoms. The van der Waals surface area contributed by atoms with Crippen LogP contribution in [0.2, 0.25) is 0 Å². The molecule has 154 valence electrons. The number of hydrogen-bond acceptors (Lipinski definition) is 10. The summed E-state index contributed by atoms with van der Waals surface area (Å²) in [6.07, 6.45) is -7.25. The van der Waals surface area contributed by atoms with Gasteiger partial charge in [0.05, 0.1) is 31.7 Å². The fraction of sp³-hybridized carbons (Fsp3) is 0.824. The predicted molar refractivity (Wildman–Crippen MR) is 86.6 cm³/mol. The summed E-state index contributed by atoms with van der Waals surface area (Å²) in [6, 6.07) is 0. The van der Waals surface area contributed by atoms with Crippen molar-refractivity contribution in [3.63, 3.8) is 0 Å². The van der Waals surface area contributed by atoms with Crippen LogP contribution in [0.3, 0.4) is 0 Å². The van der Waals surface area contributed by atoms with E-state index in [-0.39, 0.29) is 11.8 Å². The van der Waals surface area contributed by atoms with Crippen LogP contribution < -0.4 is 0 Å². The Balaban J connectivity index is 1.80. The Morgan fingerprint density at radius 2 is 1.89 bits per heavy atom. The summed E-state index contributed by atoms with van der Waals surface area (Å²) in [4.78, 5) is 12.0. The Labute approximate surface area is 155 Å². The molecule has 0 bridgehead atoms. The van der Waals surface area contributed by atoms with Gasteiger partial charge in [0.15, 0.2) is 6.29 Å². The third-order valence-corrected chi connectivity index (χ3v) is 5.75. The molecule has 3 rings (SSSR count). The van der Waals surface area contributed by atoms with Crippen molar-refractivity contribution in [2.24, 2.45) is 17.8 Å². The van der Waals surface area contributed by atoms with E-state index in [4.69, 9.17) is 18.9 Å². The SMILES string of the molecule is COC(=O)C1=CO[C@@H](O[C@@H]2O[C@H](CO)[C@@H](O)[C@H](O)[C@H]2O)[C@@H]2[C@@H](C)[C@@H](O)C[C@@H]12. The molecule has 2 aliphatic heterocycles. The molecule has 1 aliphatic carbocycles. The van der Waals surface area contributed by atoms with Crippen molar-refractivity contribution in [3.05, 3.63) is 11.8 Å². The van der Waals surface area contributed by atoms with E-state index in [1.807, 2.05) is 0 Å². The van der Waals surface area contributed by atoms with Gasteiger partial charge in [0, 0.05) is 11.8 Å². The number of methoxy groups -OCH3 is 1. The van der Waals surface area contributed by atoms with Crippen LogP contribution in [0.15, 0.2) is 11.8 Å². The Bertz CT molecular complexity index is 578. The molecule has 10 atom stereocenters. The molecule has 0 aromatic rings. The number of aliphatic hydroxyl groups excluding tert-OH is 5. The van der Waals surface area contributed by atoms with Crippen LogP contribution in [0, 0.1) is 17.8 Å². The standard InChI is InChI=1S/C17H26O10/c1-6-9(19)3-7-8(15(23)24-2)5-25-16(11(6)7)27-17-14(22)13(21)12(20)10(4-18)26-17/h5-7,9-14,16-22H,3-4H2,1-2H3/t6-,7-,9-,10+,11+,12+,13-,14+,16-,17-/m0/s1. The molecule has 3 aliphatic rings. The second-order valence-electron chi connectivity index (χ2n) is 7.25. The Morgan fingerprint density at radius 1 is 1.19 bits per heavy atom. The van der Waals surface area contributed by atoms with Crippen LogP contribution in [-0.4, -0.2) is 88.3 Å². The monoisotopic (exact) mass is 390 g/mol. The van der Waals surface area contributed by atoms with Crippen LogP contribution >= 0.6 is 0 Å². The van der Waals surface area contributed by atoms with E-state index < -0.39 is 61.6 Å². The average molecular weight is 390 g/mol. The first-order valence-corrected chi connectivity index (χ1v) is 8.88. The summed E-state index contributed by atoms with van der Waals surface area (Å²) >= 11 is 0. The zero-order valence-corrected chi connectivity index (χ0v) is 15.0. The number of rotatable bonds is 4. The first-order valence-electron chi connectivity index (χ1n) is 8.88. The molecule has 1 saturated carbocycles. The second kappa shape index (κ2) is 8.00. The van der Waals surface area contributed by atoms with E-state index >= 15 is 0 Å². The fourth-order valence-electron chi connectivity index (χ4n) is 4.10. The minimum atomic E-state index is -1.58. The molecule has 0 unspecified atom stereocenters. The lowest BCUT2D eigenvalue weighted by atomic mass is 9.83. The molecule has 10 heteroatoms. The molecular weight excluding hydrogens is 364 g/mol. The molecule has 10 nitrogen and oxygen atoms in total. The summed E-state index contributed by atoms with van der Waals surface area (Å²) < 4.78 is 21.4. The van der Waals surface area contributed by atoms with Crippen molar-refractivity contribution in [2.45, 2.75) is 56.4 Å². The first-order chi connectivity index (χ1) is 12.8. The average Bonchev–Trinajstić information content (AvgIpc) is 2.96. The maximum absolute atomic E-state index is 12.0. The van der Waals surface area contributed by atoms with E-state index in [9.17, 15) is 30.3 Å². The van der Waals surface area contributed by atoms with Gasteiger partial charge in [-0.3, -0.25) is 0 Å². The van der Waals surface area contributed by atoms with E-state index in [0.717, 1.165) is 0 Å². The third-order valence-electron chi connectivity index (χ3n) is 5.75. The smallest absolute Gasteiger partial charge is 0.337 e. The molecule has 2 heterocycles. The van der Waals surface area contributed by atoms with Crippen molar-refractivity contribution in [3.8, 4) is 0 Å². The van der Waals surface area contributed by atoms with Crippen molar-refractivity contribution >= 4 is 5.97 Å². The molecule has 0 aromatic carbocycles. The van der Waals surface area contributed by atoms with Crippen LogP contribution in [0.1, 0.15) is 13.3 Å². The van der Waals surface area contributed by atoms with E-state index in [1.165, 1.54) is 13.4 Å². The molecule has 0 spiro atoms. The van der Waals surface area contributed by atoms with Crippen molar-refractivity contribution < 1.29 is 49.3 Å². The largest absolute Gasteiger partial charge is 0.472 e. The highest BCUT2D eigenvalue weighted by Crippen LogP contribution is 2.47. The van der Waals surface area contributed by atoms with Gasteiger partial charge in [0.2, 0.25) is 6.29 Å². The van der Waals surface area contributed by atoms with Gasteiger partial charge in [0.1, 0.15) is 24.4 Å². The van der Waals surface area contributed by atoms with Crippen LogP contribution in [0.5, 0.6) is 0 Å². The highest BCUT2D eigenvalue weighted by Gasteiger charge is 2.53. The zero-order chi connectivity index (χ0) is 19.9. The maximum atomic E-state index is 12.0. The molecule has 5 N–H and O–H groups in total. The number of carbonyl (C=O) groups is 1. The number of carbonyl (C=O) groups excluding carboxylic acids is 1. The van der Waals surface area contributed by atoms with Gasteiger partial charge < -0.3 is 44.5 Å². The summed E-state index contributed by atoms with van der Waals surface area (Å²) in [5.41, 5.74) is 0.291. The highest BCUT2D eigenvalue weighted by atomic mass is 16.8. The molecule has 0 aromatic heterocycles. The van der Waals surface area contributed by atoms with E-state index in [0.29, 0.717) is 12.0 Å². The quantitative estimate of drug-likeness (QED) is 0.336. The van der Waals surface area contributed by atoms with Crippen LogP contribution in [0.25, 0.3) is 0 Å². The van der Waals surface area contributed by atoms with Gasteiger partial charge in [-0.2, -0.15) is 0 Å². The van der Waals surface area contributed by atoms with Gasteiger partial charge in [-0.25, -0.2) is 4.79 Å². The van der Waals surface area contributed by atoms with Crippen molar-refractivity contribution in [2.75, 3.05) is 13.7 Å². The number of ether oxygens (including phenoxy) is 4. The molecule has 0 radical (unpaired) electrons. The van der Waals surface area contributed by atoms with Gasteiger partial charge in [-0.05, 0) is 12.3 Å². The van der Waals surface area contributed by atoms with Gasteiger partial charge in [-0.1, -0.05) is 6.92 Å². The van der Waals surface area contributed by atoms with Crippen molar-refractivity contribution in [1.82, 2.24) is 0 Å². The van der Waals surface area contributed by atoms with E-state index in [2.05, 4.69) is 0 Å². The van der Waals surface area contributed by atoms with Crippen LogP contribution in [0.4, 0.5) is 0 Å². The normalized spacial score (nSPS) is 47.0. The number of fused-ring (bicyclic) bond motifs is 1. The molecular formula is C17H26O10. The van der Waals surface area contributed by atoms with Gasteiger partial charge >= 0.3 is 5.97 Å². The third kappa shape index (κ3) is 3.58. The van der Waals surface area contributed by atoms with Crippen molar-refractivity contribution in [1.29, 1.82) is 0 Å². The maximum Gasteiger partial charge on any atom is 0.337 e. The Kier molecular flexibility index (Phi) is 6.06. The summed E-state index contributed by atoms with van der Waals surface area (Å²) in [5.74, 6) is -1.63.